The van der Waals surface area contributed by atoms with Gasteiger partial charge in [-0.05, 0) is 42.4 Å². The van der Waals surface area contributed by atoms with E-state index in [4.69, 9.17) is 0 Å². The summed E-state index contributed by atoms with van der Waals surface area (Å²) in [7, 11) is 1.70. The monoisotopic (exact) mass is 376 g/mol. The summed E-state index contributed by atoms with van der Waals surface area (Å²) in [6.45, 7) is 1.20. The van der Waals surface area contributed by atoms with Gasteiger partial charge in [0, 0.05) is 26.1 Å². The molecule has 2 aromatic rings. The molecule has 2 fully saturated rings. The average molecular weight is 377 g/mol. The molecular weight excluding hydrogens is 348 g/mol. The zero-order chi connectivity index (χ0) is 19.6. The molecule has 1 unspecified atom stereocenters. The lowest BCUT2D eigenvalue weighted by Crippen LogP contribution is -2.45. The van der Waals surface area contributed by atoms with Crippen LogP contribution in [-0.4, -0.2) is 36.9 Å². The molecule has 28 heavy (non-hydrogen) atoms. The minimum Gasteiger partial charge on any atom is -0.359 e. The molecule has 0 bridgehead atoms. The Bertz CT molecular complexity index is 860. The molecule has 2 amide bonds. The van der Waals surface area contributed by atoms with E-state index >= 15 is 0 Å². The summed E-state index contributed by atoms with van der Waals surface area (Å²) < 4.78 is 0. The maximum atomic E-state index is 13.0. The van der Waals surface area contributed by atoms with Crippen LogP contribution in [0.3, 0.4) is 0 Å². The summed E-state index contributed by atoms with van der Waals surface area (Å²) >= 11 is 0. The largest absolute Gasteiger partial charge is 0.359 e. The Morgan fingerprint density at radius 1 is 1.07 bits per heavy atom. The molecule has 0 radical (unpaired) electrons. The standard InChI is InChI=1S/C24H28N2O2/c1-25-23(28)24(14-15-26(17-24)22(27)19-11-7-12-19)16-20-10-5-6-13-21(20)18-8-3-2-4-9-18/h2-6,8-10,13,19H,7,11-12,14-17H2,1H3,(H,25,28). The maximum absolute atomic E-state index is 13.0. The molecule has 1 N–H and O–H groups in total. The minimum atomic E-state index is -0.557. The van der Waals surface area contributed by atoms with Crippen LogP contribution in [0.4, 0.5) is 0 Å². The molecule has 4 nitrogen and oxygen atoms in total. The van der Waals surface area contributed by atoms with Crippen molar-refractivity contribution in [3.63, 3.8) is 0 Å². The van der Waals surface area contributed by atoms with Gasteiger partial charge in [0.05, 0.1) is 5.41 Å². The molecule has 1 aliphatic heterocycles. The van der Waals surface area contributed by atoms with E-state index in [0.29, 0.717) is 25.9 Å². The van der Waals surface area contributed by atoms with Crippen LogP contribution in [0.25, 0.3) is 11.1 Å². The second kappa shape index (κ2) is 7.78. The molecule has 2 aliphatic rings. The van der Waals surface area contributed by atoms with Gasteiger partial charge in [0.1, 0.15) is 0 Å². The van der Waals surface area contributed by atoms with Gasteiger partial charge in [0.2, 0.25) is 11.8 Å². The van der Waals surface area contributed by atoms with E-state index in [0.717, 1.165) is 36.0 Å². The summed E-state index contributed by atoms with van der Waals surface area (Å²) in [5.41, 5.74) is 2.93. The van der Waals surface area contributed by atoms with Crippen molar-refractivity contribution >= 4 is 11.8 Å². The Balaban J connectivity index is 1.62. The molecule has 0 spiro atoms. The van der Waals surface area contributed by atoms with Crippen molar-refractivity contribution < 1.29 is 9.59 Å². The second-order valence-corrected chi connectivity index (χ2v) is 8.20. The number of carbonyl (C=O) groups excluding carboxylic acids is 2. The number of nitrogens with one attached hydrogen (secondary N) is 1. The molecule has 4 heteroatoms. The summed E-state index contributed by atoms with van der Waals surface area (Å²) in [4.78, 5) is 27.7. The van der Waals surface area contributed by atoms with Crippen molar-refractivity contribution in [2.45, 2.75) is 32.1 Å². The highest BCUT2D eigenvalue weighted by Crippen LogP contribution is 2.39. The molecule has 4 rings (SSSR count). The van der Waals surface area contributed by atoms with Crippen LogP contribution in [0.15, 0.2) is 54.6 Å². The lowest BCUT2D eigenvalue weighted by Gasteiger charge is -2.32. The highest BCUT2D eigenvalue weighted by atomic mass is 16.2. The third-order valence-electron chi connectivity index (χ3n) is 6.46. The fourth-order valence-corrected chi connectivity index (χ4v) is 4.59. The van der Waals surface area contributed by atoms with Gasteiger partial charge in [0.15, 0.2) is 0 Å². The summed E-state index contributed by atoms with van der Waals surface area (Å²) in [5.74, 6) is 0.463. The fraction of sp³-hybridized carbons (Fsp3) is 0.417. The lowest BCUT2D eigenvalue weighted by atomic mass is 9.78. The van der Waals surface area contributed by atoms with Crippen LogP contribution in [0.2, 0.25) is 0 Å². The van der Waals surface area contributed by atoms with E-state index in [-0.39, 0.29) is 17.7 Å². The normalized spacial score (nSPS) is 22.0. The number of benzene rings is 2. The van der Waals surface area contributed by atoms with Crippen molar-refractivity contribution in [1.29, 1.82) is 0 Å². The first kappa shape index (κ1) is 18.7. The van der Waals surface area contributed by atoms with Gasteiger partial charge in [-0.25, -0.2) is 0 Å². The molecule has 1 aliphatic carbocycles. The minimum absolute atomic E-state index is 0.0410. The topological polar surface area (TPSA) is 49.4 Å². The van der Waals surface area contributed by atoms with Crippen molar-refractivity contribution in [1.82, 2.24) is 10.2 Å². The Hall–Kier alpha value is -2.62. The summed E-state index contributed by atoms with van der Waals surface area (Å²) in [5, 5.41) is 2.87. The van der Waals surface area contributed by atoms with E-state index < -0.39 is 5.41 Å². The van der Waals surface area contributed by atoms with Crippen molar-refractivity contribution in [2.24, 2.45) is 11.3 Å². The van der Waals surface area contributed by atoms with Crippen LogP contribution in [0, 0.1) is 11.3 Å². The lowest BCUT2D eigenvalue weighted by molar-refractivity contribution is -0.138. The highest BCUT2D eigenvalue weighted by molar-refractivity contribution is 5.86. The van der Waals surface area contributed by atoms with Gasteiger partial charge in [-0.1, -0.05) is 61.0 Å². The van der Waals surface area contributed by atoms with Gasteiger partial charge in [-0.15, -0.1) is 0 Å². The average Bonchev–Trinajstić information content (AvgIpc) is 3.12. The molecule has 2 aromatic carbocycles. The zero-order valence-electron chi connectivity index (χ0n) is 16.5. The first-order valence-corrected chi connectivity index (χ1v) is 10.3. The van der Waals surface area contributed by atoms with Crippen LogP contribution in [-0.2, 0) is 16.0 Å². The Morgan fingerprint density at radius 3 is 2.46 bits per heavy atom. The first-order chi connectivity index (χ1) is 13.6. The van der Waals surface area contributed by atoms with Crippen LogP contribution < -0.4 is 5.32 Å². The van der Waals surface area contributed by atoms with E-state index in [9.17, 15) is 9.59 Å². The number of rotatable bonds is 5. The predicted octanol–water partition coefficient (Wildman–Crippen LogP) is 3.66. The second-order valence-electron chi connectivity index (χ2n) is 8.20. The zero-order valence-corrected chi connectivity index (χ0v) is 16.5. The number of amides is 2. The van der Waals surface area contributed by atoms with Crippen LogP contribution in [0.1, 0.15) is 31.2 Å². The van der Waals surface area contributed by atoms with Crippen molar-refractivity contribution in [2.75, 3.05) is 20.1 Å². The van der Waals surface area contributed by atoms with Crippen molar-refractivity contribution in [3.05, 3.63) is 60.2 Å². The summed E-state index contributed by atoms with van der Waals surface area (Å²) in [6, 6.07) is 18.6. The number of carbonyl (C=O) groups is 2. The number of likely N-dealkylation sites (tertiary alicyclic amines) is 1. The third kappa shape index (κ3) is 3.44. The van der Waals surface area contributed by atoms with E-state index in [1.54, 1.807) is 7.05 Å². The number of hydrogen-bond acceptors (Lipinski definition) is 2. The number of hydrogen-bond donors (Lipinski definition) is 1. The maximum Gasteiger partial charge on any atom is 0.228 e. The predicted molar refractivity (Wildman–Crippen MR) is 111 cm³/mol. The molecule has 1 atom stereocenters. The molecule has 1 saturated carbocycles. The van der Waals surface area contributed by atoms with E-state index in [1.807, 2.05) is 35.2 Å². The SMILES string of the molecule is CNC(=O)C1(Cc2ccccc2-c2ccccc2)CCN(C(=O)C2CCC2)C1. The Kier molecular flexibility index (Phi) is 5.21. The molecule has 146 valence electrons. The van der Waals surface area contributed by atoms with Gasteiger partial charge in [-0.2, -0.15) is 0 Å². The van der Waals surface area contributed by atoms with E-state index in [2.05, 4.69) is 29.6 Å². The summed E-state index contributed by atoms with van der Waals surface area (Å²) in [6.07, 6.45) is 4.51. The van der Waals surface area contributed by atoms with Gasteiger partial charge in [-0.3, -0.25) is 9.59 Å². The van der Waals surface area contributed by atoms with Crippen molar-refractivity contribution in [3.8, 4) is 11.1 Å². The quantitative estimate of drug-likeness (QED) is 0.866. The van der Waals surface area contributed by atoms with E-state index in [1.165, 1.54) is 0 Å². The molecule has 1 heterocycles. The van der Waals surface area contributed by atoms with Gasteiger partial charge in [0.25, 0.3) is 0 Å². The first-order valence-electron chi connectivity index (χ1n) is 10.3. The smallest absolute Gasteiger partial charge is 0.228 e. The Morgan fingerprint density at radius 2 is 1.79 bits per heavy atom. The molecule has 1 saturated heterocycles. The Labute approximate surface area is 166 Å². The third-order valence-corrected chi connectivity index (χ3v) is 6.46. The van der Waals surface area contributed by atoms with Gasteiger partial charge < -0.3 is 10.2 Å². The number of nitrogens with zero attached hydrogens (tertiary/aromatic N) is 1. The molecule has 0 aromatic heterocycles. The fourth-order valence-electron chi connectivity index (χ4n) is 4.59. The highest BCUT2D eigenvalue weighted by Gasteiger charge is 2.47. The molecular formula is C24H28N2O2. The van der Waals surface area contributed by atoms with Crippen LogP contribution in [0.5, 0.6) is 0 Å². The van der Waals surface area contributed by atoms with Crippen LogP contribution >= 0.6 is 0 Å². The van der Waals surface area contributed by atoms with Gasteiger partial charge >= 0.3 is 0 Å².